The first-order chi connectivity index (χ1) is 31.7. The molecule has 4 heteroatoms. The minimum absolute atomic E-state index is 0.685. The van der Waals surface area contributed by atoms with Crippen molar-refractivity contribution in [2.24, 2.45) is 0 Å². The van der Waals surface area contributed by atoms with Crippen molar-refractivity contribution in [3.8, 4) is 56.4 Å². The summed E-state index contributed by atoms with van der Waals surface area (Å²) in [6, 6.07) is 74.4. The van der Waals surface area contributed by atoms with E-state index in [4.69, 9.17) is 9.97 Å². The van der Waals surface area contributed by atoms with Gasteiger partial charge in [0.25, 0.3) is 0 Å². The second-order valence-electron chi connectivity index (χ2n) is 16.9. The van der Waals surface area contributed by atoms with Crippen molar-refractivity contribution in [2.45, 2.75) is 12.8 Å². The molecule has 13 rings (SSSR count). The van der Waals surface area contributed by atoms with Gasteiger partial charge in [-0.15, -0.1) is 0 Å². The zero-order valence-electron chi connectivity index (χ0n) is 35.0. The first-order valence-electron chi connectivity index (χ1n) is 22.1. The maximum atomic E-state index is 5.38. The summed E-state index contributed by atoms with van der Waals surface area (Å²) in [7, 11) is 0. The SMILES string of the molecule is C1=Cc2c(n(-c3ccccc3)c3ccc(-c4ccc5c6ccccc6n(-c6cccc(-c7nc(-c8cccc9ccccc89)cc(-c8cccc9ccccc89)n7)c6)c5c4)cc23)CC1. The van der Waals surface area contributed by atoms with Crippen molar-refractivity contribution >= 4 is 60.3 Å². The summed E-state index contributed by atoms with van der Waals surface area (Å²) in [5, 5.41) is 8.41. The summed E-state index contributed by atoms with van der Waals surface area (Å²) in [5.74, 6) is 0.685. The van der Waals surface area contributed by atoms with Crippen LogP contribution < -0.4 is 0 Å². The van der Waals surface area contributed by atoms with Crippen LogP contribution in [0.2, 0.25) is 0 Å². The van der Waals surface area contributed by atoms with Crippen LogP contribution in [0.4, 0.5) is 0 Å². The van der Waals surface area contributed by atoms with Crippen LogP contribution in [0.3, 0.4) is 0 Å². The smallest absolute Gasteiger partial charge is 0.160 e. The fourth-order valence-electron chi connectivity index (χ4n) is 10.2. The number of benzene rings is 9. The highest BCUT2D eigenvalue weighted by atomic mass is 15.0. The van der Waals surface area contributed by atoms with Crippen LogP contribution in [0.5, 0.6) is 0 Å². The van der Waals surface area contributed by atoms with Crippen LogP contribution in [0, 0.1) is 0 Å². The average Bonchev–Trinajstić information content (AvgIpc) is 3.88. The van der Waals surface area contributed by atoms with Crippen LogP contribution in [-0.2, 0) is 6.42 Å². The highest BCUT2D eigenvalue weighted by molar-refractivity contribution is 6.10. The molecule has 0 saturated heterocycles. The zero-order chi connectivity index (χ0) is 42.1. The molecule has 0 unspecified atom stereocenters. The van der Waals surface area contributed by atoms with E-state index < -0.39 is 0 Å². The highest BCUT2D eigenvalue weighted by Gasteiger charge is 2.21. The lowest BCUT2D eigenvalue weighted by molar-refractivity contribution is 0.888. The molecule has 0 fully saturated rings. The van der Waals surface area contributed by atoms with Gasteiger partial charge in [0, 0.05) is 55.5 Å². The first kappa shape index (κ1) is 36.3. The molecule has 0 saturated carbocycles. The molecule has 3 heterocycles. The molecule has 3 aromatic heterocycles. The number of nitrogens with zero attached hydrogens (tertiary/aromatic N) is 4. The largest absolute Gasteiger partial charge is 0.313 e. The van der Waals surface area contributed by atoms with Crippen LogP contribution in [-0.4, -0.2) is 19.1 Å². The summed E-state index contributed by atoms with van der Waals surface area (Å²) in [6.45, 7) is 0. The number of rotatable bonds is 6. The summed E-state index contributed by atoms with van der Waals surface area (Å²) in [5.41, 5.74) is 15.8. The molecule has 64 heavy (non-hydrogen) atoms. The van der Waals surface area contributed by atoms with Crippen LogP contribution >= 0.6 is 0 Å². The fourth-order valence-corrected chi connectivity index (χ4v) is 10.2. The minimum atomic E-state index is 0.685. The molecule has 0 atom stereocenters. The molecule has 1 aliphatic rings. The Bertz CT molecular complexity index is 3740. The Morgan fingerprint density at radius 1 is 0.375 bits per heavy atom. The van der Waals surface area contributed by atoms with Crippen molar-refractivity contribution in [3.05, 3.63) is 224 Å². The summed E-state index contributed by atoms with van der Waals surface area (Å²) in [6.07, 6.45) is 6.72. The van der Waals surface area contributed by atoms with E-state index in [9.17, 15) is 0 Å². The second-order valence-corrected chi connectivity index (χ2v) is 16.9. The molecular formula is C60H40N4. The molecule has 1 aliphatic carbocycles. The van der Waals surface area contributed by atoms with Gasteiger partial charge in [0.1, 0.15) is 0 Å². The lowest BCUT2D eigenvalue weighted by Gasteiger charge is -2.14. The third-order valence-corrected chi connectivity index (χ3v) is 13.2. The molecule has 4 nitrogen and oxygen atoms in total. The van der Waals surface area contributed by atoms with Gasteiger partial charge >= 0.3 is 0 Å². The number of hydrogen-bond acceptors (Lipinski definition) is 2. The van der Waals surface area contributed by atoms with Gasteiger partial charge in [-0.1, -0.05) is 164 Å². The molecular weight excluding hydrogens is 777 g/mol. The van der Waals surface area contributed by atoms with Gasteiger partial charge in [-0.2, -0.15) is 0 Å². The monoisotopic (exact) mass is 816 g/mol. The molecule has 0 bridgehead atoms. The Morgan fingerprint density at radius 2 is 0.969 bits per heavy atom. The van der Waals surface area contributed by atoms with E-state index in [2.05, 4.69) is 228 Å². The zero-order valence-corrected chi connectivity index (χ0v) is 35.0. The summed E-state index contributed by atoms with van der Waals surface area (Å²) in [4.78, 5) is 10.8. The highest BCUT2D eigenvalue weighted by Crippen LogP contribution is 2.40. The quantitative estimate of drug-likeness (QED) is 0.168. The topological polar surface area (TPSA) is 35.6 Å². The van der Waals surface area contributed by atoms with Crippen LogP contribution in [0.1, 0.15) is 17.7 Å². The van der Waals surface area contributed by atoms with E-state index in [0.717, 1.165) is 68.4 Å². The molecule has 0 N–H and O–H groups in total. The Balaban J connectivity index is 0.984. The second kappa shape index (κ2) is 14.6. The van der Waals surface area contributed by atoms with Gasteiger partial charge in [0.15, 0.2) is 5.82 Å². The Morgan fingerprint density at radius 3 is 1.73 bits per heavy atom. The predicted molar refractivity (Wildman–Crippen MR) is 267 cm³/mol. The van der Waals surface area contributed by atoms with E-state index >= 15 is 0 Å². The normalized spacial score (nSPS) is 12.5. The molecule has 0 spiro atoms. The van der Waals surface area contributed by atoms with Crippen molar-refractivity contribution in [1.82, 2.24) is 19.1 Å². The van der Waals surface area contributed by atoms with Gasteiger partial charge in [0.2, 0.25) is 0 Å². The van der Waals surface area contributed by atoms with Gasteiger partial charge in [-0.25, -0.2) is 9.97 Å². The number of aromatic nitrogens is 4. The lowest BCUT2D eigenvalue weighted by atomic mass is 9.98. The maximum absolute atomic E-state index is 5.38. The van der Waals surface area contributed by atoms with E-state index in [1.54, 1.807) is 0 Å². The lowest BCUT2D eigenvalue weighted by Crippen LogP contribution is -2.02. The molecule has 0 aliphatic heterocycles. The van der Waals surface area contributed by atoms with Crippen molar-refractivity contribution in [2.75, 3.05) is 0 Å². The van der Waals surface area contributed by atoms with Gasteiger partial charge < -0.3 is 9.13 Å². The van der Waals surface area contributed by atoms with E-state index in [-0.39, 0.29) is 0 Å². The van der Waals surface area contributed by atoms with Crippen LogP contribution in [0.25, 0.3) is 117 Å². The Labute approximate surface area is 370 Å². The molecule has 0 radical (unpaired) electrons. The molecule has 9 aromatic carbocycles. The first-order valence-corrected chi connectivity index (χ1v) is 22.1. The maximum Gasteiger partial charge on any atom is 0.160 e. The van der Waals surface area contributed by atoms with Crippen LogP contribution in [0.15, 0.2) is 212 Å². The average molecular weight is 817 g/mol. The summed E-state index contributed by atoms with van der Waals surface area (Å²) < 4.78 is 4.87. The predicted octanol–water partition coefficient (Wildman–Crippen LogP) is 15.5. The Hall–Kier alpha value is -8.34. The van der Waals surface area contributed by atoms with Gasteiger partial charge in [-0.3, -0.25) is 0 Å². The van der Waals surface area contributed by atoms with E-state index in [0.29, 0.717) is 5.82 Å². The number of fused-ring (bicyclic) bond motifs is 8. The summed E-state index contributed by atoms with van der Waals surface area (Å²) >= 11 is 0. The minimum Gasteiger partial charge on any atom is -0.313 e. The van der Waals surface area contributed by atoms with Gasteiger partial charge in [0.05, 0.1) is 27.9 Å². The fraction of sp³-hybridized carbons (Fsp3) is 0.0333. The van der Waals surface area contributed by atoms with Crippen molar-refractivity contribution in [1.29, 1.82) is 0 Å². The molecule has 300 valence electrons. The third-order valence-electron chi connectivity index (χ3n) is 13.2. The van der Waals surface area contributed by atoms with E-state index in [1.165, 1.54) is 60.5 Å². The standard InChI is InChI=1S/C60H40N4/c1-2-20-44(21-3-1)63-57-30-11-9-26-51(57)53-36-41(32-34-58(53)63)42-31-33-52-50-25-8-10-29-56(50)64(59(52)37-42)45-22-12-19-43(35-45)60-61-54(48-27-13-17-39-15-4-6-23-46(39)48)38-55(62-60)49-28-14-18-40-16-5-7-24-47(40)49/h1-10,12-29,31-38H,11,30H2. The van der Waals surface area contributed by atoms with Crippen molar-refractivity contribution < 1.29 is 0 Å². The molecule has 0 amide bonds. The number of hydrogen-bond donors (Lipinski definition) is 0. The van der Waals surface area contributed by atoms with Crippen molar-refractivity contribution in [3.63, 3.8) is 0 Å². The molecule has 12 aromatic rings. The van der Waals surface area contributed by atoms with Gasteiger partial charge in [-0.05, 0) is 100 Å². The number of para-hydroxylation sites is 2. The number of allylic oxidation sites excluding steroid dienone is 1. The van der Waals surface area contributed by atoms with E-state index in [1.807, 2.05) is 0 Å². The third kappa shape index (κ3) is 5.84. The Kier molecular flexibility index (Phi) is 8.31.